The summed E-state index contributed by atoms with van der Waals surface area (Å²) in [6, 6.07) is 1.89. The van der Waals surface area contributed by atoms with Crippen molar-refractivity contribution in [2.24, 2.45) is 0 Å². The van der Waals surface area contributed by atoms with Crippen molar-refractivity contribution in [3.63, 3.8) is 0 Å². The number of nitrogens with zero attached hydrogens (tertiary/aromatic N) is 4. The third-order valence-electron chi connectivity index (χ3n) is 3.93. The number of hydrogen-bond acceptors (Lipinski definition) is 5. The molecule has 0 unspecified atom stereocenters. The number of ether oxygens (including phenoxy) is 1. The summed E-state index contributed by atoms with van der Waals surface area (Å²) in [7, 11) is 0. The van der Waals surface area contributed by atoms with Crippen LogP contribution in [0.1, 0.15) is 57.7 Å². The van der Waals surface area contributed by atoms with Gasteiger partial charge in [0.2, 0.25) is 5.88 Å². The molecule has 1 fully saturated rings. The van der Waals surface area contributed by atoms with E-state index in [2.05, 4.69) is 27.3 Å². The highest BCUT2D eigenvalue weighted by atomic mass is 35.5. The standard InChI is InChI=1S/C15H23N5O.ClH/c1-3-16-12-10-13(21-4-2)17-15-18-14(19-20(12)15)11-8-6-5-7-9-11;/h10-11,16H,3-9H2,1-2H3;1H. The number of fused-ring (bicyclic) bond motifs is 1. The van der Waals surface area contributed by atoms with Gasteiger partial charge in [0.15, 0.2) is 5.82 Å². The number of halogens is 1. The monoisotopic (exact) mass is 325 g/mol. The van der Waals surface area contributed by atoms with Crippen molar-refractivity contribution in [1.29, 1.82) is 0 Å². The summed E-state index contributed by atoms with van der Waals surface area (Å²) in [4.78, 5) is 9.09. The van der Waals surface area contributed by atoms with Gasteiger partial charge in [0, 0.05) is 18.5 Å². The number of anilines is 1. The highest BCUT2D eigenvalue weighted by Crippen LogP contribution is 2.31. The Morgan fingerprint density at radius 1 is 1.23 bits per heavy atom. The molecule has 122 valence electrons. The Bertz CT molecular complexity index is 609. The van der Waals surface area contributed by atoms with Crippen LogP contribution in [0.2, 0.25) is 0 Å². The van der Waals surface area contributed by atoms with Crippen LogP contribution in [0.25, 0.3) is 5.78 Å². The van der Waals surface area contributed by atoms with Gasteiger partial charge in [-0.15, -0.1) is 17.5 Å². The minimum Gasteiger partial charge on any atom is -0.478 e. The first-order valence-corrected chi connectivity index (χ1v) is 7.96. The Balaban J connectivity index is 0.00000176. The maximum atomic E-state index is 5.52. The average Bonchev–Trinajstić information content (AvgIpc) is 2.93. The Hall–Kier alpha value is -1.56. The molecule has 22 heavy (non-hydrogen) atoms. The molecule has 0 amide bonds. The van der Waals surface area contributed by atoms with Crippen LogP contribution in [-0.2, 0) is 0 Å². The largest absolute Gasteiger partial charge is 0.478 e. The van der Waals surface area contributed by atoms with Crippen molar-refractivity contribution in [3.8, 4) is 5.88 Å². The van der Waals surface area contributed by atoms with Gasteiger partial charge in [-0.2, -0.15) is 14.5 Å². The molecule has 1 N–H and O–H groups in total. The van der Waals surface area contributed by atoms with Crippen LogP contribution in [0, 0.1) is 0 Å². The average molecular weight is 326 g/mol. The van der Waals surface area contributed by atoms with Gasteiger partial charge >= 0.3 is 0 Å². The maximum Gasteiger partial charge on any atom is 0.257 e. The Morgan fingerprint density at radius 2 is 2.00 bits per heavy atom. The van der Waals surface area contributed by atoms with E-state index in [1.165, 1.54) is 32.1 Å². The third kappa shape index (κ3) is 3.43. The number of aromatic nitrogens is 4. The molecular weight excluding hydrogens is 302 g/mol. The highest BCUT2D eigenvalue weighted by molar-refractivity contribution is 5.85. The van der Waals surface area contributed by atoms with Crippen LogP contribution in [0.5, 0.6) is 5.88 Å². The number of hydrogen-bond donors (Lipinski definition) is 1. The van der Waals surface area contributed by atoms with Crippen molar-refractivity contribution < 1.29 is 4.74 Å². The Labute approximate surface area is 137 Å². The van der Waals surface area contributed by atoms with E-state index in [0.29, 0.717) is 24.2 Å². The fourth-order valence-corrected chi connectivity index (χ4v) is 2.92. The second-order valence-corrected chi connectivity index (χ2v) is 5.46. The zero-order chi connectivity index (χ0) is 14.7. The molecule has 7 heteroatoms. The van der Waals surface area contributed by atoms with E-state index in [4.69, 9.17) is 4.74 Å². The summed E-state index contributed by atoms with van der Waals surface area (Å²) in [6.45, 7) is 5.43. The molecule has 3 rings (SSSR count). The first-order valence-electron chi connectivity index (χ1n) is 7.96. The number of nitrogens with one attached hydrogen (secondary N) is 1. The summed E-state index contributed by atoms with van der Waals surface area (Å²) < 4.78 is 7.33. The van der Waals surface area contributed by atoms with Gasteiger partial charge < -0.3 is 10.1 Å². The molecule has 2 aromatic rings. The normalized spacial score (nSPS) is 15.5. The van der Waals surface area contributed by atoms with Crippen molar-refractivity contribution >= 4 is 24.0 Å². The summed E-state index contributed by atoms with van der Waals surface area (Å²) in [6.07, 6.45) is 6.26. The summed E-state index contributed by atoms with van der Waals surface area (Å²) in [5, 5.41) is 7.99. The molecule has 0 saturated heterocycles. The second kappa shape index (κ2) is 7.63. The molecule has 1 aliphatic carbocycles. The zero-order valence-electron chi connectivity index (χ0n) is 13.2. The maximum absolute atomic E-state index is 5.52. The molecule has 1 aliphatic rings. The topological polar surface area (TPSA) is 64.3 Å². The predicted octanol–water partition coefficient (Wildman–Crippen LogP) is 3.42. The van der Waals surface area contributed by atoms with Crippen molar-refractivity contribution in [2.45, 2.75) is 51.9 Å². The smallest absolute Gasteiger partial charge is 0.257 e. The molecule has 1 saturated carbocycles. The van der Waals surface area contributed by atoms with E-state index < -0.39 is 0 Å². The van der Waals surface area contributed by atoms with Gasteiger partial charge in [-0.25, -0.2) is 0 Å². The predicted molar refractivity (Wildman–Crippen MR) is 89.2 cm³/mol. The third-order valence-corrected chi connectivity index (χ3v) is 3.93. The first kappa shape index (κ1) is 16.8. The number of rotatable bonds is 5. The quantitative estimate of drug-likeness (QED) is 0.912. The van der Waals surface area contributed by atoms with E-state index in [1.807, 2.05) is 13.0 Å². The van der Waals surface area contributed by atoms with Gasteiger partial charge in [0.05, 0.1) is 6.61 Å². The van der Waals surface area contributed by atoms with Gasteiger partial charge in [0.1, 0.15) is 5.82 Å². The molecular formula is C15H24ClN5O. The SMILES string of the molecule is CCNc1cc(OCC)nc2nc(C3CCCCC3)nn12.Cl. The second-order valence-electron chi connectivity index (χ2n) is 5.46. The Morgan fingerprint density at radius 3 is 2.68 bits per heavy atom. The van der Waals surface area contributed by atoms with Crippen LogP contribution in [0.15, 0.2) is 6.07 Å². The molecule has 0 aliphatic heterocycles. The van der Waals surface area contributed by atoms with Crippen LogP contribution >= 0.6 is 12.4 Å². The molecule has 0 spiro atoms. The van der Waals surface area contributed by atoms with Crippen LogP contribution in [-0.4, -0.2) is 32.7 Å². The van der Waals surface area contributed by atoms with Gasteiger partial charge in [-0.05, 0) is 26.7 Å². The lowest BCUT2D eigenvalue weighted by molar-refractivity contribution is 0.327. The van der Waals surface area contributed by atoms with Gasteiger partial charge in [-0.3, -0.25) is 0 Å². The lowest BCUT2D eigenvalue weighted by Crippen LogP contribution is -2.08. The van der Waals surface area contributed by atoms with E-state index in [9.17, 15) is 0 Å². The van der Waals surface area contributed by atoms with E-state index in [-0.39, 0.29) is 12.4 Å². The molecule has 0 radical (unpaired) electrons. The minimum absolute atomic E-state index is 0. The Kier molecular flexibility index (Phi) is 5.83. The first-order chi connectivity index (χ1) is 10.3. The van der Waals surface area contributed by atoms with Crippen LogP contribution < -0.4 is 10.1 Å². The zero-order valence-corrected chi connectivity index (χ0v) is 14.0. The fraction of sp³-hybridized carbons (Fsp3) is 0.667. The molecule has 0 atom stereocenters. The van der Waals surface area contributed by atoms with Crippen molar-refractivity contribution in [3.05, 3.63) is 11.9 Å². The molecule has 2 heterocycles. The summed E-state index contributed by atoms with van der Waals surface area (Å²) >= 11 is 0. The van der Waals surface area contributed by atoms with Gasteiger partial charge in [0.25, 0.3) is 5.78 Å². The highest BCUT2D eigenvalue weighted by Gasteiger charge is 2.21. The lowest BCUT2D eigenvalue weighted by Gasteiger charge is -2.17. The van der Waals surface area contributed by atoms with Gasteiger partial charge in [-0.1, -0.05) is 19.3 Å². The molecule has 6 nitrogen and oxygen atoms in total. The molecule has 2 aromatic heterocycles. The lowest BCUT2D eigenvalue weighted by atomic mass is 9.89. The van der Waals surface area contributed by atoms with Crippen molar-refractivity contribution in [1.82, 2.24) is 19.6 Å². The fourth-order valence-electron chi connectivity index (χ4n) is 2.92. The van der Waals surface area contributed by atoms with Crippen LogP contribution in [0.3, 0.4) is 0 Å². The van der Waals surface area contributed by atoms with E-state index >= 15 is 0 Å². The minimum atomic E-state index is 0. The molecule has 0 aromatic carbocycles. The summed E-state index contributed by atoms with van der Waals surface area (Å²) in [5.74, 6) is 3.52. The molecule has 0 bridgehead atoms. The van der Waals surface area contributed by atoms with E-state index in [1.54, 1.807) is 4.52 Å². The van der Waals surface area contributed by atoms with Crippen LogP contribution in [0.4, 0.5) is 5.82 Å². The summed E-state index contributed by atoms with van der Waals surface area (Å²) in [5.41, 5.74) is 0. The van der Waals surface area contributed by atoms with E-state index in [0.717, 1.165) is 18.2 Å². The van der Waals surface area contributed by atoms with Crippen molar-refractivity contribution in [2.75, 3.05) is 18.5 Å².